The molecule has 2 unspecified atom stereocenters. The van der Waals surface area contributed by atoms with E-state index in [1.54, 1.807) is 12.1 Å². The minimum Gasteiger partial charge on any atom is -0.367 e. The molecule has 2 aromatic rings. The number of pyridine rings is 1. The van der Waals surface area contributed by atoms with Crippen LogP contribution in [0.25, 0.3) is 0 Å². The maximum absolute atomic E-state index is 10.8. The van der Waals surface area contributed by atoms with Crippen LogP contribution in [0.1, 0.15) is 23.6 Å². The van der Waals surface area contributed by atoms with Crippen molar-refractivity contribution in [2.45, 2.75) is 18.4 Å². The van der Waals surface area contributed by atoms with Gasteiger partial charge in [-0.2, -0.15) is 5.26 Å². The Balaban J connectivity index is 1.73. The van der Waals surface area contributed by atoms with Crippen molar-refractivity contribution in [3.8, 4) is 6.07 Å². The summed E-state index contributed by atoms with van der Waals surface area (Å²) in [5.41, 5.74) is 0.831. The monoisotopic (exact) mass is 280 g/mol. The van der Waals surface area contributed by atoms with Crippen molar-refractivity contribution < 1.29 is 4.92 Å². The molecule has 3 rings (SSSR count). The molecule has 2 atom stereocenters. The van der Waals surface area contributed by atoms with Crippen molar-refractivity contribution in [1.82, 2.24) is 4.98 Å². The van der Waals surface area contributed by atoms with Crippen molar-refractivity contribution >= 4 is 11.5 Å². The van der Waals surface area contributed by atoms with Gasteiger partial charge in [0.05, 0.1) is 4.92 Å². The molecule has 1 aromatic heterocycles. The molecule has 6 heteroatoms. The van der Waals surface area contributed by atoms with Gasteiger partial charge in [-0.1, -0.05) is 30.3 Å². The maximum atomic E-state index is 10.8. The van der Waals surface area contributed by atoms with E-state index in [2.05, 4.69) is 22.4 Å². The highest BCUT2D eigenvalue weighted by Gasteiger charge is 2.38. The van der Waals surface area contributed by atoms with Crippen molar-refractivity contribution in [1.29, 1.82) is 5.26 Å². The highest BCUT2D eigenvalue weighted by Crippen LogP contribution is 2.42. The van der Waals surface area contributed by atoms with Crippen LogP contribution < -0.4 is 5.32 Å². The van der Waals surface area contributed by atoms with Crippen LogP contribution in [0.5, 0.6) is 0 Å². The molecule has 104 valence electrons. The first-order valence-corrected chi connectivity index (χ1v) is 6.56. The molecule has 0 amide bonds. The van der Waals surface area contributed by atoms with Gasteiger partial charge in [-0.3, -0.25) is 10.1 Å². The lowest BCUT2D eigenvalue weighted by atomic mass is 10.1. The van der Waals surface area contributed by atoms with Crippen LogP contribution in [0, 0.1) is 21.4 Å². The van der Waals surface area contributed by atoms with Crippen molar-refractivity contribution in [2.75, 3.05) is 5.32 Å². The first-order valence-electron chi connectivity index (χ1n) is 6.56. The van der Waals surface area contributed by atoms with Gasteiger partial charge in [0, 0.05) is 18.0 Å². The highest BCUT2D eigenvalue weighted by molar-refractivity contribution is 5.52. The average Bonchev–Trinajstić information content (AvgIpc) is 3.27. The molecule has 1 aromatic carbocycles. The lowest BCUT2D eigenvalue weighted by Gasteiger charge is -2.05. The molecule has 0 radical (unpaired) electrons. The van der Waals surface area contributed by atoms with E-state index in [1.807, 2.05) is 18.2 Å². The third-order valence-corrected chi connectivity index (χ3v) is 3.53. The first-order chi connectivity index (χ1) is 10.2. The molecule has 0 aliphatic heterocycles. The van der Waals surface area contributed by atoms with E-state index in [9.17, 15) is 10.1 Å². The van der Waals surface area contributed by atoms with Crippen LogP contribution in [0.4, 0.5) is 11.5 Å². The van der Waals surface area contributed by atoms with Gasteiger partial charge in [0.1, 0.15) is 11.9 Å². The van der Waals surface area contributed by atoms with Gasteiger partial charge in [0.25, 0.3) is 0 Å². The molecule has 6 nitrogen and oxygen atoms in total. The Labute approximate surface area is 121 Å². The summed E-state index contributed by atoms with van der Waals surface area (Å²) in [6.45, 7) is 0. The number of nitrogens with one attached hydrogen (secondary N) is 1. The molecule has 1 fully saturated rings. The molecular weight excluding hydrogens is 268 g/mol. The van der Waals surface area contributed by atoms with E-state index in [0.717, 1.165) is 6.42 Å². The van der Waals surface area contributed by atoms with Gasteiger partial charge >= 0.3 is 5.69 Å². The summed E-state index contributed by atoms with van der Waals surface area (Å²) >= 11 is 0. The summed E-state index contributed by atoms with van der Waals surface area (Å²) < 4.78 is 0. The van der Waals surface area contributed by atoms with E-state index < -0.39 is 4.92 Å². The lowest BCUT2D eigenvalue weighted by molar-refractivity contribution is -0.385. The Morgan fingerprint density at radius 3 is 2.71 bits per heavy atom. The van der Waals surface area contributed by atoms with Crippen LogP contribution in [-0.4, -0.2) is 15.9 Å². The minimum absolute atomic E-state index is 0.165. The second-order valence-corrected chi connectivity index (χ2v) is 4.94. The number of anilines is 1. The zero-order valence-electron chi connectivity index (χ0n) is 11.1. The Hall–Kier alpha value is -2.94. The molecule has 1 aliphatic carbocycles. The summed E-state index contributed by atoms with van der Waals surface area (Å²) in [6, 6.07) is 15.0. The lowest BCUT2D eigenvalue weighted by Crippen LogP contribution is -2.07. The Morgan fingerprint density at radius 2 is 2.05 bits per heavy atom. The standard InChI is InChI=1S/C15H12N4O2/c16-9-13-14(19(20)21)6-7-15(18-13)17-12-8-11(12)10-4-2-1-3-5-10/h1-7,11-12H,8H2,(H,17,18). The van der Waals surface area contributed by atoms with Gasteiger partial charge in [0.15, 0.2) is 0 Å². The number of nitro groups is 1. The van der Waals surface area contributed by atoms with Gasteiger partial charge < -0.3 is 5.32 Å². The van der Waals surface area contributed by atoms with Crippen molar-refractivity contribution in [2.24, 2.45) is 0 Å². The third kappa shape index (κ3) is 2.67. The quantitative estimate of drug-likeness (QED) is 0.686. The molecule has 0 bridgehead atoms. The summed E-state index contributed by atoms with van der Waals surface area (Å²) in [4.78, 5) is 14.2. The van der Waals surface area contributed by atoms with Gasteiger partial charge in [-0.15, -0.1) is 0 Å². The van der Waals surface area contributed by atoms with E-state index in [-0.39, 0.29) is 17.4 Å². The highest BCUT2D eigenvalue weighted by atomic mass is 16.6. The Bertz CT molecular complexity index is 724. The van der Waals surface area contributed by atoms with E-state index >= 15 is 0 Å². The van der Waals surface area contributed by atoms with Crippen molar-refractivity contribution in [3.63, 3.8) is 0 Å². The second-order valence-electron chi connectivity index (χ2n) is 4.94. The number of nitriles is 1. The fraction of sp³-hybridized carbons (Fsp3) is 0.200. The van der Waals surface area contributed by atoms with Crippen LogP contribution in [0.2, 0.25) is 0 Å². The number of aromatic nitrogens is 1. The number of hydrogen-bond acceptors (Lipinski definition) is 5. The van der Waals surface area contributed by atoms with Gasteiger partial charge in [-0.25, -0.2) is 4.98 Å². The van der Waals surface area contributed by atoms with E-state index in [1.165, 1.54) is 11.6 Å². The Morgan fingerprint density at radius 1 is 1.29 bits per heavy atom. The van der Waals surface area contributed by atoms with Crippen LogP contribution >= 0.6 is 0 Å². The first kappa shape index (κ1) is 13.1. The molecule has 1 aliphatic rings. The molecule has 0 saturated heterocycles. The summed E-state index contributed by atoms with van der Waals surface area (Å²) in [5, 5.41) is 22.9. The van der Waals surface area contributed by atoms with E-state index in [4.69, 9.17) is 5.26 Å². The number of nitrogens with zero attached hydrogens (tertiary/aromatic N) is 3. The molecule has 1 N–H and O–H groups in total. The number of benzene rings is 1. The maximum Gasteiger partial charge on any atom is 0.305 e. The SMILES string of the molecule is N#Cc1nc(NC2CC2c2ccccc2)ccc1[N+](=O)[O-]. The van der Waals surface area contributed by atoms with Gasteiger partial charge in [0.2, 0.25) is 5.69 Å². The molecule has 0 spiro atoms. The zero-order valence-corrected chi connectivity index (χ0v) is 11.1. The number of hydrogen-bond donors (Lipinski definition) is 1. The predicted octanol–water partition coefficient (Wildman–Crippen LogP) is 2.83. The predicted molar refractivity (Wildman–Crippen MR) is 76.8 cm³/mol. The molecule has 1 heterocycles. The fourth-order valence-corrected chi connectivity index (χ4v) is 2.37. The largest absolute Gasteiger partial charge is 0.367 e. The second kappa shape index (κ2) is 5.21. The van der Waals surface area contributed by atoms with Crippen LogP contribution in [0.3, 0.4) is 0 Å². The van der Waals surface area contributed by atoms with Crippen LogP contribution in [-0.2, 0) is 0 Å². The third-order valence-electron chi connectivity index (χ3n) is 3.53. The van der Waals surface area contributed by atoms with Crippen LogP contribution in [0.15, 0.2) is 42.5 Å². The average molecular weight is 280 g/mol. The topological polar surface area (TPSA) is 91.8 Å². The van der Waals surface area contributed by atoms with Crippen molar-refractivity contribution in [3.05, 3.63) is 63.8 Å². The summed E-state index contributed by atoms with van der Waals surface area (Å²) in [6.07, 6.45) is 0.991. The molecule has 1 saturated carbocycles. The van der Waals surface area contributed by atoms with E-state index in [0.29, 0.717) is 11.7 Å². The molecule has 21 heavy (non-hydrogen) atoms. The normalized spacial score (nSPS) is 19.6. The summed E-state index contributed by atoms with van der Waals surface area (Å²) in [7, 11) is 0. The van der Waals surface area contributed by atoms with Gasteiger partial charge in [-0.05, 0) is 18.1 Å². The number of rotatable bonds is 4. The fourth-order valence-electron chi connectivity index (χ4n) is 2.37. The molecular formula is C15H12N4O2. The smallest absolute Gasteiger partial charge is 0.305 e. The zero-order chi connectivity index (χ0) is 14.8. The summed E-state index contributed by atoms with van der Waals surface area (Å²) in [5.74, 6) is 0.925. The minimum atomic E-state index is -0.598. The Kier molecular flexibility index (Phi) is 3.24.